The van der Waals surface area contributed by atoms with E-state index in [0.717, 1.165) is 69.5 Å². The topological polar surface area (TPSA) is 80.5 Å². The Kier molecular flexibility index (Phi) is 6.44. The number of carbonyl (C=O) groups excluding carboxylic acids is 1. The van der Waals surface area contributed by atoms with Crippen LogP contribution in [0, 0.1) is 5.92 Å². The molecule has 4 rings (SSSR count). The highest BCUT2D eigenvalue weighted by Crippen LogP contribution is 2.29. The average molecular weight is 399 g/mol. The van der Waals surface area contributed by atoms with Gasteiger partial charge in [-0.15, -0.1) is 10.2 Å². The molecule has 1 aromatic heterocycles. The number of aromatic nitrogens is 2. The third-order valence-corrected chi connectivity index (χ3v) is 5.58. The number of nitrogens with one attached hydrogen (secondary N) is 1. The van der Waals surface area contributed by atoms with E-state index in [2.05, 4.69) is 27.3 Å². The van der Waals surface area contributed by atoms with E-state index in [4.69, 9.17) is 9.15 Å². The number of nitrogens with zero attached hydrogens (tertiary/aromatic N) is 3. The van der Waals surface area contributed by atoms with E-state index < -0.39 is 0 Å². The molecular formula is C22H30N4O3. The van der Waals surface area contributed by atoms with Crippen molar-refractivity contribution in [3.05, 3.63) is 30.2 Å². The van der Waals surface area contributed by atoms with Gasteiger partial charge in [-0.2, -0.15) is 0 Å². The van der Waals surface area contributed by atoms with Crippen LogP contribution in [0.4, 0.5) is 0 Å². The molecule has 7 heteroatoms. The van der Waals surface area contributed by atoms with Gasteiger partial charge in [-0.1, -0.05) is 13.3 Å². The Hall–Kier alpha value is -2.41. The van der Waals surface area contributed by atoms with Crippen LogP contribution in [0.3, 0.4) is 0 Å². The number of likely N-dealkylation sites (tertiary alicyclic amines) is 1. The SMILES string of the molecule is CCCCOc1ccc(-c2nnc(CN3CCC(NC(=O)C4CC4)CC3)o2)cc1. The molecule has 29 heavy (non-hydrogen) atoms. The summed E-state index contributed by atoms with van der Waals surface area (Å²) in [7, 11) is 0. The van der Waals surface area contributed by atoms with E-state index >= 15 is 0 Å². The molecule has 1 amide bonds. The Morgan fingerprint density at radius 1 is 1.17 bits per heavy atom. The highest BCUT2D eigenvalue weighted by molar-refractivity contribution is 5.81. The van der Waals surface area contributed by atoms with Crippen molar-refractivity contribution in [1.82, 2.24) is 20.4 Å². The summed E-state index contributed by atoms with van der Waals surface area (Å²) in [5, 5.41) is 11.6. The monoisotopic (exact) mass is 398 g/mol. The van der Waals surface area contributed by atoms with Gasteiger partial charge < -0.3 is 14.5 Å². The molecular weight excluding hydrogens is 368 g/mol. The molecule has 0 spiro atoms. The molecule has 2 fully saturated rings. The molecule has 0 radical (unpaired) electrons. The number of rotatable bonds is 9. The minimum absolute atomic E-state index is 0.242. The lowest BCUT2D eigenvalue weighted by Gasteiger charge is -2.31. The molecule has 0 atom stereocenters. The number of piperidine rings is 1. The van der Waals surface area contributed by atoms with Crippen molar-refractivity contribution in [2.24, 2.45) is 5.92 Å². The number of benzene rings is 1. The van der Waals surface area contributed by atoms with Crippen LogP contribution in [-0.4, -0.2) is 46.7 Å². The van der Waals surface area contributed by atoms with E-state index in [9.17, 15) is 4.79 Å². The average Bonchev–Trinajstić information content (AvgIpc) is 3.50. The predicted molar refractivity (Wildman–Crippen MR) is 109 cm³/mol. The third-order valence-electron chi connectivity index (χ3n) is 5.58. The number of carbonyl (C=O) groups is 1. The second-order valence-corrected chi connectivity index (χ2v) is 8.06. The highest BCUT2D eigenvalue weighted by Gasteiger charge is 2.31. The van der Waals surface area contributed by atoms with Crippen LogP contribution in [-0.2, 0) is 11.3 Å². The van der Waals surface area contributed by atoms with E-state index in [0.29, 0.717) is 24.4 Å². The molecule has 1 N–H and O–H groups in total. The van der Waals surface area contributed by atoms with Crippen molar-refractivity contribution in [3.63, 3.8) is 0 Å². The normalized spacial score (nSPS) is 18.0. The largest absolute Gasteiger partial charge is 0.494 e. The van der Waals surface area contributed by atoms with Crippen LogP contribution in [0.2, 0.25) is 0 Å². The van der Waals surface area contributed by atoms with E-state index in [-0.39, 0.29) is 11.8 Å². The van der Waals surface area contributed by atoms with Gasteiger partial charge in [0.2, 0.25) is 17.7 Å². The predicted octanol–water partition coefficient (Wildman–Crippen LogP) is 3.41. The maximum atomic E-state index is 11.9. The lowest BCUT2D eigenvalue weighted by atomic mass is 10.0. The number of amides is 1. The molecule has 1 aliphatic heterocycles. The van der Waals surface area contributed by atoms with Gasteiger partial charge in [0.1, 0.15) is 5.75 Å². The first-order chi connectivity index (χ1) is 14.2. The minimum Gasteiger partial charge on any atom is -0.494 e. The van der Waals surface area contributed by atoms with E-state index in [1.165, 1.54) is 0 Å². The Morgan fingerprint density at radius 3 is 2.62 bits per heavy atom. The standard InChI is InChI=1S/C22H30N4O3/c1-2-3-14-28-19-8-6-17(7-9-19)22-25-24-20(29-22)15-26-12-10-18(11-13-26)23-21(27)16-4-5-16/h6-9,16,18H,2-5,10-15H2,1H3,(H,23,27). The van der Waals surface area contributed by atoms with Gasteiger partial charge in [0, 0.05) is 30.6 Å². The maximum absolute atomic E-state index is 11.9. The Morgan fingerprint density at radius 2 is 1.93 bits per heavy atom. The number of unbranched alkanes of at least 4 members (excludes halogenated alkanes) is 1. The van der Waals surface area contributed by atoms with Crippen molar-refractivity contribution >= 4 is 5.91 Å². The fourth-order valence-corrected chi connectivity index (χ4v) is 3.55. The fourth-order valence-electron chi connectivity index (χ4n) is 3.55. The van der Waals surface area contributed by atoms with Gasteiger partial charge in [-0.05, 0) is 56.4 Å². The van der Waals surface area contributed by atoms with Crippen LogP contribution in [0.1, 0.15) is 51.3 Å². The summed E-state index contributed by atoms with van der Waals surface area (Å²) in [4.78, 5) is 14.2. The quantitative estimate of drug-likeness (QED) is 0.652. The van der Waals surface area contributed by atoms with Gasteiger partial charge in [-0.3, -0.25) is 9.69 Å². The summed E-state index contributed by atoms with van der Waals surface area (Å²) in [6.45, 7) is 5.39. The lowest BCUT2D eigenvalue weighted by Crippen LogP contribution is -2.44. The van der Waals surface area contributed by atoms with Crippen molar-refractivity contribution in [3.8, 4) is 17.2 Å². The summed E-state index contributed by atoms with van der Waals surface area (Å²) < 4.78 is 11.6. The van der Waals surface area contributed by atoms with Gasteiger partial charge >= 0.3 is 0 Å². The second-order valence-electron chi connectivity index (χ2n) is 8.06. The van der Waals surface area contributed by atoms with Gasteiger partial charge in [0.25, 0.3) is 0 Å². The summed E-state index contributed by atoms with van der Waals surface area (Å²) in [5.74, 6) is 2.54. The molecule has 1 saturated carbocycles. The first-order valence-corrected chi connectivity index (χ1v) is 10.8. The summed E-state index contributed by atoms with van der Waals surface area (Å²) in [6, 6.07) is 8.08. The highest BCUT2D eigenvalue weighted by atomic mass is 16.5. The second kappa shape index (κ2) is 9.39. The van der Waals surface area contributed by atoms with Gasteiger partial charge in [0.15, 0.2) is 0 Å². The summed E-state index contributed by atoms with van der Waals surface area (Å²) in [5.41, 5.74) is 0.896. The summed E-state index contributed by atoms with van der Waals surface area (Å²) >= 11 is 0. The van der Waals surface area contributed by atoms with Crippen LogP contribution >= 0.6 is 0 Å². The first kappa shape index (κ1) is 19.9. The Balaban J connectivity index is 1.24. The van der Waals surface area contributed by atoms with E-state index in [1.807, 2.05) is 24.3 Å². The molecule has 1 aliphatic carbocycles. The first-order valence-electron chi connectivity index (χ1n) is 10.8. The van der Waals surface area contributed by atoms with Crippen LogP contribution < -0.4 is 10.1 Å². The van der Waals surface area contributed by atoms with E-state index in [1.54, 1.807) is 0 Å². The smallest absolute Gasteiger partial charge is 0.247 e. The van der Waals surface area contributed by atoms with Crippen molar-refractivity contribution in [2.45, 2.75) is 58.0 Å². The minimum atomic E-state index is 0.242. The van der Waals surface area contributed by atoms with Crippen LogP contribution in [0.5, 0.6) is 5.75 Å². The molecule has 0 unspecified atom stereocenters. The fraction of sp³-hybridized carbons (Fsp3) is 0.591. The zero-order valence-corrected chi connectivity index (χ0v) is 17.1. The molecule has 2 aliphatic rings. The number of hydrogen-bond donors (Lipinski definition) is 1. The van der Waals surface area contributed by atoms with Crippen molar-refractivity contribution < 1.29 is 13.9 Å². The van der Waals surface area contributed by atoms with Crippen LogP contribution in [0.25, 0.3) is 11.5 Å². The Bertz CT molecular complexity index is 793. The zero-order chi connectivity index (χ0) is 20.1. The molecule has 7 nitrogen and oxygen atoms in total. The molecule has 2 aromatic rings. The van der Waals surface area contributed by atoms with Crippen molar-refractivity contribution in [2.75, 3.05) is 19.7 Å². The number of hydrogen-bond acceptors (Lipinski definition) is 6. The lowest BCUT2D eigenvalue weighted by molar-refractivity contribution is -0.123. The number of ether oxygens (including phenoxy) is 1. The molecule has 156 valence electrons. The molecule has 1 saturated heterocycles. The van der Waals surface area contributed by atoms with Gasteiger partial charge in [0.05, 0.1) is 13.2 Å². The molecule has 0 bridgehead atoms. The zero-order valence-electron chi connectivity index (χ0n) is 17.1. The molecule has 1 aromatic carbocycles. The summed E-state index contributed by atoms with van der Waals surface area (Å²) in [6.07, 6.45) is 6.23. The van der Waals surface area contributed by atoms with Crippen LogP contribution in [0.15, 0.2) is 28.7 Å². The molecule has 2 heterocycles. The Labute approximate surface area is 171 Å². The third kappa shape index (κ3) is 5.56. The van der Waals surface area contributed by atoms with Gasteiger partial charge in [-0.25, -0.2) is 0 Å². The maximum Gasteiger partial charge on any atom is 0.247 e. The van der Waals surface area contributed by atoms with Crippen molar-refractivity contribution in [1.29, 1.82) is 0 Å².